The van der Waals surface area contributed by atoms with E-state index in [9.17, 15) is 4.79 Å². The fourth-order valence-electron chi connectivity index (χ4n) is 1.82. The van der Waals surface area contributed by atoms with Gasteiger partial charge in [0.15, 0.2) is 6.29 Å². The molecule has 17 heavy (non-hydrogen) atoms. The second-order valence-electron chi connectivity index (χ2n) is 3.77. The van der Waals surface area contributed by atoms with Gasteiger partial charge in [0.05, 0.1) is 11.3 Å². The molecule has 0 fully saturated rings. The van der Waals surface area contributed by atoms with Crippen LogP contribution in [0.4, 0.5) is 0 Å². The predicted molar refractivity (Wildman–Crippen MR) is 65.8 cm³/mol. The van der Waals surface area contributed by atoms with Crippen LogP contribution in [0.5, 0.6) is 0 Å². The van der Waals surface area contributed by atoms with E-state index in [1.807, 2.05) is 31.4 Å². The maximum Gasteiger partial charge on any atom is 0.170 e. The molecule has 4 nitrogen and oxygen atoms in total. The van der Waals surface area contributed by atoms with Gasteiger partial charge in [0.2, 0.25) is 0 Å². The van der Waals surface area contributed by atoms with Gasteiger partial charge in [-0.2, -0.15) is 5.26 Å². The van der Waals surface area contributed by atoms with Crippen LogP contribution in [0.25, 0.3) is 5.00 Å². The van der Waals surface area contributed by atoms with Crippen molar-refractivity contribution in [1.82, 2.24) is 9.55 Å². The number of rotatable bonds is 2. The molecule has 0 unspecified atom stereocenters. The summed E-state index contributed by atoms with van der Waals surface area (Å²) in [7, 11) is 0. The van der Waals surface area contributed by atoms with Gasteiger partial charge in [0, 0.05) is 4.88 Å². The van der Waals surface area contributed by atoms with E-state index in [0.717, 1.165) is 27.7 Å². The van der Waals surface area contributed by atoms with E-state index >= 15 is 0 Å². The lowest BCUT2D eigenvalue weighted by Crippen LogP contribution is -1.99. The Morgan fingerprint density at radius 1 is 1.47 bits per heavy atom. The molecule has 0 spiro atoms. The van der Waals surface area contributed by atoms with Crippen LogP contribution >= 0.6 is 11.3 Å². The number of aryl methyl sites for hydroxylation is 2. The first kappa shape index (κ1) is 11.6. The van der Waals surface area contributed by atoms with Gasteiger partial charge in [-0.25, -0.2) is 4.98 Å². The van der Waals surface area contributed by atoms with E-state index in [-0.39, 0.29) is 0 Å². The smallest absolute Gasteiger partial charge is 0.170 e. The molecule has 0 bridgehead atoms. The van der Waals surface area contributed by atoms with Crippen LogP contribution < -0.4 is 0 Å². The molecule has 5 heteroatoms. The van der Waals surface area contributed by atoms with Gasteiger partial charge in [-0.3, -0.25) is 9.36 Å². The normalized spacial score (nSPS) is 10.2. The van der Waals surface area contributed by atoms with Crippen LogP contribution in [-0.2, 0) is 0 Å². The molecule has 2 heterocycles. The van der Waals surface area contributed by atoms with E-state index in [1.54, 1.807) is 0 Å². The number of carbonyl (C=O) groups is 1. The van der Waals surface area contributed by atoms with Gasteiger partial charge in [0.25, 0.3) is 0 Å². The van der Waals surface area contributed by atoms with Gasteiger partial charge >= 0.3 is 0 Å². The Hall–Kier alpha value is -1.93. The SMILES string of the molecule is Cc1cc(C#N)c(-n2c(C)nc(C=O)c2C)s1. The highest BCUT2D eigenvalue weighted by Crippen LogP contribution is 2.28. The Morgan fingerprint density at radius 2 is 2.18 bits per heavy atom. The van der Waals surface area contributed by atoms with Gasteiger partial charge in [-0.1, -0.05) is 0 Å². The molecule has 0 atom stereocenters. The molecule has 2 aromatic heterocycles. The highest BCUT2D eigenvalue weighted by molar-refractivity contribution is 7.14. The Bertz CT molecular complexity index is 631. The summed E-state index contributed by atoms with van der Waals surface area (Å²) in [5.41, 5.74) is 1.82. The molecule has 0 aromatic carbocycles. The van der Waals surface area contributed by atoms with E-state index < -0.39 is 0 Å². The molecule has 0 aliphatic rings. The number of aromatic nitrogens is 2. The van der Waals surface area contributed by atoms with Crippen molar-refractivity contribution in [2.45, 2.75) is 20.8 Å². The number of aldehydes is 1. The third-order valence-electron chi connectivity index (χ3n) is 2.58. The zero-order chi connectivity index (χ0) is 12.6. The first-order valence-electron chi connectivity index (χ1n) is 5.10. The molecule has 2 aromatic rings. The van der Waals surface area contributed by atoms with Crippen molar-refractivity contribution in [1.29, 1.82) is 5.26 Å². The number of nitrogens with zero attached hydrogens (tertiary/aromatic N) is 3. The standard InChI is InChI=1S/C12H11N3OS/c1-7-4-10(5-13)12(17-7)15-8(2)11(6-16)14-9(15)3/h4,6H,1-3H3. The minimum atomic E-state index is 0.428. The van der Waals surface area contributed by atoms with Crippen LogP contribution in [0.3, 0.4) is 0 Å². The van der Waals surface area contributed by atoms with Crippen LogP contribution in [0.2, 0.25) is 0 Å². The third kappa shape index (κ3) is 1.77. The summed E-state index contributed by atoms with van der Waals surface area (Å²) >= 11 is 1.53. The Labute approximate surface area is 103 Å². The number of nitriles is 1. The zero-order valence-corrected chi connectivity index (χ0v) is 10.6. The number of imidazole rings is 1. The maximum atomic E-state index is 10.8. The van der Waals surface area contributed by atoms with E-state index in [2.05, 4.69) is 11.1 Å². The fraction of sp³-hybridized carbons (Fsp3) is 0.250. The first-order valence-corrected chi connectivity index (χ1v) is 5.92. The Balaban J connectivity index is 2.72. The maximum absolute atomic E-state index is 10.8. The molecule has 2 rings (SSSR count). The fourth-order valence-corrected chi connectivity index (χ4v) is 2.88. The summed E-state index contributed by atoms with van der Waals surface area (Å²) < 4.78 is 1.86. The number of hydrogen-bond acceptors (Lipinski definition) is 4. The highest BCUT2D eigenvalue weighted by atomic mass is 32.1. The monoisotopic (exact) mass is 245 g/mol. The summed E-state index contributed by atoms with van der Waals surface area (Å²) in [5, 5.41) is 9.93. The zero-order valence-electron chi connectivity index (χ0n) is 9.81. The van der Waals surface area contributed by atoms with Crippen molar-refractivity contribution >= 4 is 17.6 Å². The minimum absolute atomic E-state index is 0.428. The first-order chi connectivity index (χ1) is 8.08. The van der Waals surface area contributed by atoms with Crippen LogP contribution in [0.15, 0.2) is 6.07 Å². The van der Waals surface area contributed by atoms with E-state index in [4.69, 9.17) is 5.26 Å². The Kier molecular flexibility index (Phi) is 2.82. The third-order valence-corrected chi connectivity index (χ3v) is 3.62. The summed E-state index contributed by atoms with van der Waals surface area (Å²) in [6.45, 7) is 5.62. The summed E-state index contributed by atoms with van der Waals surface area (Å²) in [6.07, 6.45) is 0.741. The van der Waals surface area contributed by atoms with Gasteiger partial charge < -0.3 is 0 Å². The highest BCUT2D eigenvalue weighted by Gasteiger charge is 2.16. The van der Waals surface area contributed by atoms with E-state index in [1.165, 1.54) is 11.3 Å². The molecule has 0 radical (unpaired) electrons. The van der Waals surface area contributed by atoms with Crippen LogP contribution in [0, 0.1) is 32.1 Å². The van der Waals surface area contributed by atoms with Crippen molar-refractivity contribution in [2.75, 3.05) is 0 Å². The lowest BCUT2D eigenvalue weighted by Gasteiger charge is -2.04. The summed E-state index contributed by atoms with van der Waals surface area (Å²) in [4.78, 5) is 16.1. The summed E-state index contributed by atoms with van der Waals surface area (Å²) in [6, 6.07) is 4.02. The minimum Gasteiger partial charge on any atom is -0.296 e. The van der Waals surface area contributed by atoms with Crippen molar-refractivity contribution in [3.8, 4) is 11.1 Å². The molecular formula is C12H11N3OS. The second kappa shape index (κ2) is 4.15. The summed E-state index contributed by atoms with van der Waals surface area (Å²) in [5.74, 6) is 0.725. The van der Waals surface area contributed by atoms with Crippen molar-refractivity contribution < 1.29 is 4.79 Å². The number of hydrogen-bond donors (Lipinski definition) is 0. The number of carbonyl (C=O) groups excluding carboxylic acids is 1. The molecule has 0 aliphatic heterocycles. The molecule has 0 aliphatic carbocycles. The van der Waals surface area contributed by atoms with Gasteiger partial charge in [0.1, 0.15) is 22.6 Å². The Morgan fingerprint density at radius 3 is 2.71 bits per heavy atom. The van der Waals surface area contributed by atoms with E-state index in [0.29, 0.717) is 11.3 Å². The molecule has 0 N–H and O–H groups in total. The topological polar surface area (TPSA) is 58.7 Å². The molecule has 86 valence electrons. The molecule has 0 amide bonds. The average Bonchev–Trinajstić information content (AvgIpc) is 2.79. The average molecular weight is 245 g/mol. The van der Waals surface area contributed by atoms with Crippen LogP contribution in [-0.4, -0.2) is 15.8 Å². The molecule has 0 saturated carbocycles. The van der Waals surface area contributed by atoms with Gasteiger partial charge in [-0.15, -0.1) is 11.3 Å². The number of thiophene rings is 1. The lowest BCUT2D eigenvalue weighted by molar-refractivity contribution is 0.111. The molecular weight excluding hydrogens is 234 g/mol. The quantitative estimate of drug-likeness (QED) is 0.764. The van der Waals surface area contributed by atoms with Crippen LogP contribution in [0.1, 0.15) is 32.4 Å². The van der Waals surface area contributed by atoms with Gasteiger partial charge in [-0.05, 0) is 26.8 Å². The van der Waals surface area contributed by atoms with Crippen molar-refractivity contribution in [3.05, 3.63) is 33.7 Å². The largest absolute Gasteiger partial charge is 0.296 e. The van der Waals surface area contributed by atoms with Crippen molar-refractivity contribution in [3.63, 3.8) is 0 Å². The lowest BCUT2D eigenvalue weighted by atomic mass is 10.3. The predicted octanol–water partition coefficient (Wildman–Crippen LogP) is 2.54. The van der Waals surface area contributed by atoms with Crippen molar-refractivity contribution in [2.24, 2.45) is 0 Å². The second-order valence-corrected chi connectivity index (χ2v) is 5.01. The molecule has 0 saturated heterocycles.